The van der Waals surface area contributed by atoms with E-state index in [1.165, 1.54) is 0 Å². The summed E-state index contributed by atoms with van der Waals surface area (Å²) >= 11 is 0. The van der Waals surface area contributed by atoms with Crippen LogP contribution in [0.3, 0.4) is 0 Å². The van der Waals surface area contributed by atoms with E-state index in [9.17, 15) is 19.2 Å². The molecular weight excluding hydrogens is 737 g/mol. The van der Waals surface area contributed by atoms with Crippen LogP contribution in [0.25, 0.3) is 22.1 Å². The van der Waals surface area contributed by atoms with Crippen molar-refractivity contribution in [3.05, 3.63) is 69.5 Å². The molecule has 308 valence electrons. The largest absolute Gasteiger partial charge is 0.436 e. The highest BCUT2D eigenvalue weighted by atomic mass is 16.6. The van der Waals surface area contributed by atoms with Crippen LogP contribution in [0.4, 0.5) is 9.59 Å². The van der Waals surface area contributed by atoms with E-state index < -0.39 is 0 Å². The Kier molecular flexibility index (Phi) is 12.4. The highest BCUT2D eigenvalue weighted by molar-refractivity contribution is 5.76. The molecule has 0 saturated carbocycles. The Morgan fingerprint density at radius 3 is 1.40 bits per heavy atom. The second-order valence-electron chi connectivity index (χ2n) is 16.4. The van der Waals surface area contributed by atoms with Gasteiger partial charge in [0, 0.05) is 75.5 Å². The molecule has 0 spiro atoms. The first kappa shape index (κ1) is 40.7. The molecule has 8 rings (SSSR count). The third kappa shape index (κ3) is 8.54. The maximum absolute atomic E-state index is 12.5. The highest BCUT2D eigenvalue weighted by Crippen LogP contribution is 2.35. The van der Waals surface area contributed by atoms with Gasteiger partial charge in [0.2, 0.25) is 0 Å². The molecule has 4 aliphatic rings. The number of hydrogen-bond acceptors (Lipinski definition) is 8. The first-order valence-corrected chi connectivity index (χ1v) is 20.5. The van der Waals surface area contributed by atoms with E-state index in [-0.39, 0.29) is 59.9 Å². The monoisotopic (exact) mass is 792 g/mol. The standard InChI is InChI=1S/2C22H28N4O3/c2*1-3-4-15-29-21(28)24-14-11-22(2,16-24)25-12-9-17(10-13-25)26-19-8-6-5-7-18(19)23-20(26)27/h2*5-8,17H,9-16H2,1-2H3,(H,23,27). The van der Waals surface area contributed by atoms with Crippen molar-refractivity contribution in [2.24, 2.45) is 0 Å². The van der Waals surface area contributed by atoms with Crippen LogP contribution in [0.5, 0.6) is 0 Å². The predicted octanol–water partition coefficient (Wildman–Crippen LogP) is 5.18. The first-order chi connectivity index (χ1) is 28.0. The van der Waals surface area contributed by atoms with Crippen LogP contribution < -0.4 is 11.4 Å². The lowest BCUT2D eigenvalue weighted by Crippen LogP contribution is -2.52. The van der Waals surface area contributed by atoms with Gasteiger partial charge >= 0.3 is 23.6 Å². The number of carbonyl (C=O) groups excluding carboxylic acids is 2. The van der Waals surface area contributed by atoms with E-state index in [4.69, 9.17) is 9.47 Å². The van der Waals surface area contributed by atoms with Crippen molar-refractivity contribution in [1.29, 1.82) is 0 Å². The van der Waals surface area contributed by atoms with Crippen LogP contribution in [0.2, 0.25) is 0 Å². The molecule has 4 aromatic rings. The van der Waals surface area contributed by atoms with E-state index >= 15 is 0 Å². The molecule has 2 amide bonds. The van der Waals surface area contributed by atoms with Crippen LogP contribution in [-0.4, -0.2) is 128 Å². The van der Waals surface area contributed by atoms with E-state index in [0.717, 1.165) is 86.8 Å². The zero-order valence-electron chi connectivity index (χ0n) is 34.2. The lowest BCUT2D eigenvalue weighted by Gasteiger charge is -2.43. The molecule has 14 heteroatoms. The number of hydrogen-bond donors (Lipinski definition) is 2. The molecule has 0 aliphatic carbocycles. The Balaban J connectivity index is 0.000000177. The number of ether oxygens (including phenoxy) is 2. The zero-order chi connectivity index (χ0) is 40.9. The van der Waals surface area contributed by atoms with Crippen molar-refractivity contribution in [3.8, 4) is 23.7 Å². The fourth-order valence-corrected chi connectivity index (χ4v) is 9.44. The number of nitrogens with zero attached hydrogens (tertiary/aromatic N) is 6. The van der Waals surface area contributed by atoms with E-state index in [1.54, 1.807) is 23.6 Å². The minimum Gasteiger partial charge on any atom is -0.436 e. The number of benzene rings is 2. The number of H-pyrrole nitrogens is 2. The van der Waals surface area contributed by atoms with Gasteiger partial charge in [-0.1, -0.05) is 36.1 Å². The maximum atomic E-state index is 12.5. The van der Waals surface area contributed by atoms with Crippen molar-refractivity contribution >= 4 is 34.3 Å². The summed E-state index contributed by atoms with van der Waals surface area (Å²) in [6.45, 7) is 14.6. The number of amides is 2. The molecule has 14 nitrogen and oxygen atoms in total. The Hall–Kier alpha value is -5.44. The molecule has 6 heterocycles. The SMILES string of the molecule is CC#CCOC(=O)N1CCC(C)(N2CCC(n3c(=O)[nH]c4ccccc43)CC2)C1.CC#CCOC(=O)N1CCC(C)(N2CCC(n3c(=O)[nH]c4ccccc43)CC2)C1. The molecule has 4 fully saturated rings. The summed E-state index contributed by atoms with van der Waals surface area (Å²) in [4.78, 5) is 63.9. The van der Waals surface area contributed by atoms with Crippen molar-refractivity contribution in [3.63, 3.8) is 0 Å². The summed E-state index contributed by atoms with van der Waals surface area (Å²) < 4.78 is 14.3. The van der Waals surface area contributed by atoms with Gasteiger partial charge in [0.1, 0.15) is 0 Å². The smallest absolute Gasteiger partial charge is 0.410 e. The average Bonchev–Trinajstić information content (AvgIpc) is 4.01. The summed E-state index contributed by atoms with van der Waals surface area (Å²) in [6.07, 6.45) is 5.00. The summed E-state index contributed by atoms with van der Waals surface area (Å²) in [7, 11) is 0. The van der Waals surface area contributed by atoms with Gasteiger partial charge < -0.3 is 29.2 Å². The quantitative estimate of drug-likeness (QED) is 0.255. The maximum Gasteiger partial charge on any atom is 0.410 e. The topological polar surface area (TPSA) is 141 Å². The first-order valence-electron chi connectivity index (χ1n) is 20.5. The van der Waals surface area contributed by atoms with Crippen LogP contribution >= 0.6 is 0 Å². The minimum absolute atomic E-state index is 0.0270. The van der Waals surface area contributed by atoms with Gasteiger partial charge in [-0.05, 0) is 90.5 Å². The number of para-hydroxylation sites is 4. The molecular formula is C44H56N8O6. The summed E-state index contributed by atoms with van der Waals surface area (Å²) in [5, 5.41) is 0. The van der Waals surface area contributed by atoms with Crippen molar-refractivity contribution in [2.45, 2.75) is 89.4 Å². The fraction of sp³-hybridized carbons (Fsp3) is 0.545. The molecule has 0 radical (unpaired) electrons. The van der Waals surface area contributed by atoms with Crippen LogP contribution in [0.15, 0.2) is 58.1 Å². The Morgan fingerprint density at radius 2 is 1.02 bits per heavy atom. The number of fused-ring (bicyclic) bond motifs is 2. The van der Waals surface area contributed by atoms with Crippen molar-refractivity contribution < 1.29 is 19.1 Å². The van der Waals surface area contributed by atoms with Crippen LogP contribution in [-0.2, 0) is 9.47 Å². The molecule has 0 bridgehead atoms. The lowest BCUT2D eigenvalue weighted by atomic mass is 9.94. The third-order valence-electron chi connectivity index (χ3n) is 12.7. The molecule has 2 aromatic carbocycles. The zero-order valence-corrected chi connectivity index (χ0v) is 34.2. The second kappa shape index (κ2) is 17.6. The van der Waals surface area contributed by atoms with Crippen molar-refractivity contribution in [1.82, 2.24) is 38.7 Å². The van der Waals surface area contributed by atoms with Gasteiger partial charge in [-0.15, -0.1) is 11.8 Å². The fourth-order valence-electron chi connectivity index (χ4n) is 9.44. The summed E-state index contributed by atoms with van der Waals surface area (Å²) in [5.41, 5.74) is 3.59. The molecule has 4 saturated heterocycles. The number of carbonyl (C=O) groups is 2. The minimum atomic E-state index is -0.281. The van der Waals surface area contributed by atoms with E-state index in [1.807, 2.05) is 57.7 Å². The van der Waals surface area contributed by atoms with Gasteiger partial charge in [0.15, 0.2) is 13.2 Å². The van der Waals surface area contributed by atoms with Crippen LogP contribution in [0, 0.1) is 23.7 Å². The van der Waals surface area contributed by atoms with Crippen LogP contribution in [0.1, 0.15) is 78.3 Å². The number of aromatic nitrogens is 4. The van der Waals surface area contributed by atoms with E-state index in [0.29, 0.717) is 26.2 Å². The Morgan fingerprint density at radius 1 is 0.638 bits per heavy atom. The van der Waals surface area contributed by atoms with Gasteiger partial charge in [-0.3, -0.25) is 18.9 Å². The third-order valence-corrected chi connectivity index (χ3v) is 12.7. The molecule has 2 atom stereocenters. The van der Waals surface area contributed by atoms with Gasteiger partial charge in [-0.25, -0.2) is 19.2 Å². The predicted molar refractivity (Wildman–Crippen MR) is 224 cm³/mol. The summed E-state index contributed by atoms with van der Waals surface area (Å²) in [5.74, 6) is 11.0. The molecule has 2 unspecified atom stereocenters. The van der Waals surface area contributed by atoms with Gasteiger partial charge in [0.25, 0.3) is 0 Å². The average molecular weight is 793 g/mol. The van der Waals surface area contributed by atoms with E-state index in [2.05, 4.69) is 57.3 Å². The normalized spacial score (nSPS) is 23.2. The summed E-state index contributed by atoms with van der Waals surface area (Å²) in [6, 6.07) is 16.1. The second-order valence-corrected chi connectivity index (χ2v) is 16.4. The molecule has 4 aliphatic heterocycles. The highest BCUT2D eigenvalue weighted by Gasteiger charge is 2.44. The van der Waals surface area contributed by atoms with Crippen molar-refractivity contribution in [2.75, 3.05) is 65.6 Å². The lowest BCUT2D eigenvalue weighted by molar-refractivity contribution is 0.0650. The van der Waals surface area contributed by atoms with Gasteiger partial charge in [0.05, 0.1) is 22.1 Å². The number of aromatic amines is 2. The molecule has 58 heavy (non-hydrogen) atoms. The number of piperidine rings is 2. The van der Waals surface area contributed by atoms with Gasteiger partial charge in [-0.2, -0.15) is 0 Å². The molecule has 2 aromatic heterocycles. The Bertz CT molecular complexity index is 2180. The number of imidazole rings is 2. The number of rotatable bonds is 6. The number of nitrogens with one attached hydrogen (secondary N) is 2. The number of likely N-dealkylation sites (tertiary alicyclic amines) is 4. The molecule has 2 N–H and O–H groups in total. The Labute approximate surface area is 339 Å².